The third kappa shape index (κ3) is 4.93. The van der Waals surface area contributed by atoms with Crippen LogP contribution in [-0.2, 0) is 23.9 Å². The molecule has 3 aromatic rings. The average molecular weight is 536 g/mol. The Morgan fingerprint density at radius 1 is 0.850 bits per heavy atom. The molecule has 1 aliphatic carbocycles. The number of imide groups is 1. The predicted molar refractivity (Wildman–Crippen MR) is 149 cm³/mol. The van der Waals surface area contributed by atoms with Gasteiger partial charge in [0.1, 0.15) is 0 Å². The SMILES string of the molecule is O=C(CCN1C(=O)[C@H]2CC=CC[C@@H]2C1=O)OCC(=O)N1N=C(c2ccc3ccccc3c2)C[C@@H]1c1ccccc1. The normalized spacial score (nSPS) is 22.0. The van der Waals surface area contributed by atoms with E-state index in [4.69, 9.17) is 4.74 Å². The molecular weight excluding hydrogens is 506 g/mol. The molecule has 0 N–H and O–H groups in total. The molecule has 40 heavy (non-hydrogen) atoms. The van der Waals surface area contributed by atoms with Gasteiger partial charge in [0.25, 0.3) is 5.91 Å². The summed E-state index contributed by atoms with van der Waals surface area (Å²) in [6.07, 6.45) is 5.30. The lowest BCUT2D eigenvalue weighted by Crippen LogP contribution is -2.34. The minimum absolute atomic E-state index is 0.0433. The molecule has 1 fully saturated rings. The van der Waals surface area contributed by atoms with E-state index in [-0.39, 0.29) is 42.7 Å². The van der Waals surface area contributed by atoms with Crippen molar-refractivity contribution in [3.63, 3.8) is 0 Å². The van der Waals surface area contributed by atoms with Gasteiger partial charge >= 0.3 is 5.97 Å². The molecule has 3 aliphatic rings. The highest BCUT2D eigenvalue weighted by atomic mass is 16.5. The van der Waals surface area contributed by atoms with Gasteiger partial charge in [-0.05, 0) is 40.8 Å². The summed E-state index contributed by atoms with van der Waals surface area (Å²) in [6, 6.07) is 23.5. The number of amides is 3. The van der Waals surface area contributed by atoms with Gasteiger partial charge in [0.05, 0.1) is 30.0 Å². The average Bonchev–Trinajstić information content (AvgIpc) is 3.55. The zero-order valence-electron chi connectivity index (χ0n) is 21.9. The Hall–Kier alpha value is -4.59. The Bertz CT molecular complexity index is 1520. The Kier molecular flexibility index (Phi) is 6.99. The number of allylic oxidation sites excluding steroid dienone is 2. The Labute approximate surface area is 231 Å². The number of likely N-dealkylation sites (tertiary alicyclic amines) is 1. The number of nitrogens with zero attached hydrogens (tertiary/aromatic N) is 3. The number of hydrogen-bond acceptors (Lipinski definition) is 6. The first-order valence-corrected chi connectivity index (χ1v) is 13.6. The Balaban J connectivity index is 1.12. The van der Waals surface area contributed by atoms with Crippen molar-refractivity contribution in [2.75, 3.05) is 13.2 Å². The van der Waals surface area contributed by atoms with Crippen LogP contribution in [0.1, 0.15) is 42.9 Å². The van der Waals surface area contributed by atoms with Gasteiger partial charge in [-0.25, -0.2) is 5.01 Å². The van der Waals surface area contributed by atoms with Crippen molar-refractivity contribution in [1.29, 1.82) is 0 Å². The molecule has 0 bridgehead atoms. The second kappa shape index (κ2) is 10.9. The van der Waals surface area contributed by atoms with E-state index in [9.17, 15) is 19.2 Å². The fraction of sp³-hybridized carbons (Fsp3) is 0.281. The van der Waals surface area contributed by atoms with Crippen LogP contribution in [0.5, 0.6) is 0 Å². The smallest absolute Gasteiger partial charge is 0.308 e. The third-order valence-electron chi connectivity index (χ3n) is 7.93. The highest BCUT2D eigenvalue weighted by molar-refractivity contribution is 6.06. The molecule has 8 heteroatoms. The fourth-order valence-electron chi connectivity index (χ4n) is 5.79. The summed E-state index contributed by atoms with van der Waals surface area (Å²) in [4.78, 5) is 52.2. The van der Waals surface area contributed by atoms with Crippen molar-refractivity contribution in [3.05, 3.63) is 96.1 Å². The molecule has 2 aliphatic heterocycles. The van der Waals surface area contributed by atoms with Crippen LogP contribution in [-0.4, -0.2) is 52.5 Å². The zero-order valence-corrected chi connectivity index (χ0v) is 21.9. The van der Waals surface area contributed by atoms with E-state index in [1.807, 2.05) is 78.9 Å². The fourth-order valence-corrected chi connectivity index (χ4v) is 5.79. The van der Waals surface area contributed by atoms with Crippen molar-refractivity contribution >= 4 is 40.2 Å². The maximum absolute atomic E-state index is 13.3. The van der Waals surface area contributed by atoms with Gasteiger partial charge in [0.15, 0.2) is 6.61 Å². The molecule has 202 valence electrons. The first-order valence-electron chi connectivity index (χ1n) is 13.6. The summed E-state index contributed by atoms with van der Waals surface area (Å²) >= 11 is 0. The summed E-state index contributed by atoms with van der Waals surface area (Å²) in [5, 5.41) is 8.29. The van der Waals surface area contributed by atoms with E-state index in [0.717, 1.165) is 32.5 Å². The molecule has 0 unspecified atom stereocenters. The lowest BCUT2D eigenvalue weighted by molar-refractivity contribution is -0.153. The maximum atomic E-state index is 13.3. The summed E-state index contributed by atoms with van der Waals surface area (Å²) in [7, 11) is 0. The molecule has 3 aromatic carbocycles. The number of hydrazone groups is 1. The maximum Gasteiger partial charge on any atom is 0.308 e. The van der Waals surface area contributed by atoms with Crippen molar-refractivity contribution in [1.82, 2.24) is 9.91 Å². The second-order valence-corrected chi connectivity index (χ2v) is 10.4. The zero-order chi connectivity index (χ0) is 27.6. The van der Waals surface area contributed by atoms with E-state index in [1.54, 1.807) is 0 Å². The van der Waals surface area contributed by atoms with Gasteiger partial charge in [0.2, 0.25) is 11.8 Å². The van der Waals surface area contributed by atoms with Crippen molar-refractivity contribution < 1.29 is 23.9 Å². The number of benzene rings is 3. The van der Waals surface area contributed by atoms with Gasteiger partial charge in [0, 0.05) is 13.0 Å². The molecule has 0 spiro atoms. The molecule has 0 radical (unpaired) electrons. The van der Waals surface area contributed by atoms with Gasteiger partial charge in [-0.3, -0.25) is 24.1 Å². The highest BCUT2D eigenvalue weighted by Crippen LogP contribution is 2.35. The largest absolute Gasteiger partial charge is 0.455 e. The highest BCUT2D eigenvalue weighted by Gasteiger charge is 2.47. The number of carbonyl (C=O) groups is 4. The van der Waals surface area contributed by atoms with Crippen LogP contribution >= 0.6 is 0 Å². The third-order valence-corrected chi connectivity index (χ3v) is 7.93. The summed E-state index contributed by atoms with van der Waals surface area (Å²) in [6.45, 7) is -0.522. The molecule has 3 atom stereocenters. The molecule has 8 nitrogen and oxygen atoms in total. The van der Waals surface area contributed by atoms with Crippen molar-refractivity contribution in [2.45, 2.75) is 31.7 Å². The quantitative estimate of drug-likeness (QED) is 0.254. The number of fused-ring (bicyclic) bond motifs is 2. The Morgan fingerprint density at radius 3 is 2.25 bits per heavy atom. The van der Waals surface area contributed by atoms with E-state index in [1.165, 1.54) is 5.01 Å². The van der Waals surface area contributed by atoms with E-state index in [2.05, 4.69) is 11.2 Å². The standard InChI is InChI=1S/C32H29N3O5/c36-29(20-40-30(37)16-17-34-31(38)25-12-6-7-13-26(25)32(34)39)35-28(22-9-2-1-3-10-22)19-27(33-35)24-15-14-21-8-4-5-11-23(21)18-24/h1-11,14-15,18,25-26,28H,12-13,16-17,19-20H2/t25-,26-,28+/m0/s1. The molecule has 6 rings (SSSR count). The number of hydrogen-bond donors (Lipinski definition) is 0. The number of carbonyl (C=O) groups excluding carboxylic acids is 4. The number of rotatable bonds is 7. The molecule has 0 saturated carbocycles. The van der Waals surface area contributed by atoms with Crippen LogP contribution in [0.3, 0.4) is 0 Å². The molecule has 0 aromatic heterocycles. The monoisotopic (exact) mass is 535 g/mol. The van der Waals surface area contributed by atoms with Gasteiger partial charge in [-0.1, -0.05) is 78.9 Å². The van der Waals surface area contributed by atoms with Crippen molar-refractivity contribution in [2.24, 2.45) is 16.9 Å². The van der Waals surface area contributed by atoms with Crippen LogP contribution in [0.2, 0.25) is 0 Å². The van der Waals surface area contributed by atoms with Crippen LogP contribution in [0.4, 0.5) is 0 Å². The predicted octanol–water partition coefficient (Wildman–Crippen LogP) is 4.40. The molecule has 2 heterocycles. The van der Waals surface area contributed by atoms with E-state index >= 15 is 0 Å². The lowest BCUT2D eigenvalue weighted by Gasteiger charge is -2.22. The van der Waals surface area contributed by atoms with Gasteiger partial charge in [-0.15, -0.1) is 0 Å². The minimum atomic E-state index is -0.642. The topological polar surface area (TPSA) is 96.3 Å². The summed E-state index contributed by atoms with van der Waals surface area (Å²) < 4.78 is 5.29. The summed E-state index contributed by atoms with van der Waals surface area (Å²) in [5.74, 6) is -2.23. The van der Waals surface area contributed by atoms with Gasteiger partial charge in [-0.2, -0.15) is 5.10 Å². The first kappa shape index (κ1) is 25.7. The minimum Gasteiger partial charge on any atom is -0.455 e. The van der Waals surface area contributed by atoms with Crippen LogP contribution < -0.4 is 0 Å². The van der Waals surface area contributed by atoms with Gasteiger partial charge < -0.3 is 4.74 Å². The van der Waals surface area contributed by atoms with E-state index in [0.29, 0.717) is 19.3 Å². The number of ether oxygens (including phenoxy) is 1. The van der Waals surface area contributed by atoms with Crippen LogP contribution in [0, 0.1) is 11.8 Å². The number of esters is 1. The van der Waals surface area contributed by atoms with Crippen molar-refractivity contribution in [3.8, 4) is 0 Å². The molecular formula is C32H29N3O5. The van der Waals surface area contributed by atoms with Crippen LogP contribution in [0.25, 0.3) is 10.8 Å². The van der Waals surface area contributed by atoms with Crippen LogP contribution in [0.15, 0.2) is 90.0 Å². The Morgan fingerprint density at radius 2 is 1.52 bits per heavy atom. The second-order valence-electron chi connectivity index (χ2n) is 10.4. The summed E-state index contributed by atoms with van der Waals surface area (Å²) in [5.41, 5.74) is 2.65. The molecule has 3 amide bonds. The lowest BCUT2D eigenvalue weighted by atomic mass is 9.85. The first-order chi connectivity index (χ1) is 19.5. The van der Waals surface area contributed by atoms with E-state index < -0.39 is 18.5 Å². The molecule has 1 saturated heterocycles.